The van der Waals surface area contributed by atoms with Crippen molar-refractivity contribution in [1.29, 1.82) is 0 Å². The summed E-state index contributed by atoms with van der Waals surface area (Å²) in [4.78, 5) is 8.51. The van der Waals surface area contributed by atoms with Crippen LogP contribution in [0, 0.1) is 0 Å². The lowest BCUT2D eigenvalue weighted by molar-refractivity contribution is -0.0848. The molecule has 0 bridgehead atoms. The summed E-state index contributed by atoms with van der Waals surface area (Å²) in [6.45, 7) is 2.67. The van der Waals surface area contributed by atoms with Crippen LogP contribution in [0.25, 0.3) is 11.0 Å². The van der Waals surface area contributed by atoms with Gasteiger partial charge in [-0.2, -0.15) is 0 Å². The Balaban J connectivity index is 1.64. The van der Waals surface area contributed by atoms with E-state index >= 15 is 0 Å². The summed E-state index contributed by atoms with van der Waals surface area (Å²) >= 11 is 5.89. The topological polar surface area (TPSA) is 113 Å². The SMILES string of the molecule is CCNc1ncnc2c1ccn2[C@@H]1O[C@H]([C@H](O)c2ccc(Cl)cc2)[C@@H](O)[C@H]1O. The largest absolute Gasteiger partial charge is 0.387 e. The molecule has 0 radical (unpaired) electrons. The number of hydrogen-bond donors (Lipinski definition) is 4. The van der Waals surface area contributed by atoms with Gasteiger partial charge in [0, 0.05) is 17.8 Å². The first-order chi connectivity index (χ1) is 13.5. The van der Waals surface area contributed by atoms with Crippen molar-refractivity contribution in [2.45, 2.75) is 37.6 Å². The molecular formula is C19H21ClN4O4. The van der Waals surface area contributed by atoms with E-state index < -0.39 is 30.6 Å². The smallest absolute Gasteiger partial charge is 0.164 e. The van der Waals surface area contributed by atoms with Crippen LogP contribution in [0.5, 0.6) is 0 Å². The fourth-order valence-electron chi connectivity index (χ4n) is 3.51. The fraction of sp³-hybridized carbons (Fsp3) is 0.368. The first-order valence-electron chi connectivity index (χ1n) is 9.01. The molecular weight excluding hydrogens is 384 g/mol. The Morgan fingerprint density at radius 3 is 2.64 bits per heavy atom. The molecule has 0 saturated carbocycles. The summed E-state index contributed by atoms with van der Waals surface area (Å²) in [5, 5.41) is 36.2. The molecule has 9 heteroatoms. The average molecular weight is 405 g/mol. The highest BCUT2D eigenvalue weighted by atomic mass is 35.5. The highest BCUT2D eigenvalue weighted by Gasteiger charge is 2.47. The Labute approximate surface area is 166 Å². The highest BCUT2D eigenvalue weighted by molar-refractivity contribution is 6.30. The van der Waals surface area contributed by atoms with E-state index in [0.29, 0.717) is 28.6 Å². The number of ether oxygens (including phenoxy) is 1. The van der Waals surface area contributed by atoms with Crippen molar-refractivity contribution in [2.75, 3.05) is 11.9 Å². The number of fused-ring (bicyclic) bond motifs is 1. The number of aromatic nitrogens is 3. The third-order valence-corrected chi connectivity index (χ3v) is 5.18. The molecule has 1 fully saturated rings. The van der Waals surface area contributed by atoms with Gasteiger partial charge in [0.2, 0.25) is 0 Å². The van der Waals surface area contributed by atoms with E-state index in [4.69, 9.17) is 16.3 Å². The quantitative estimate of drug-likeness (QED) is 0.513. The predicted molar refractivity (Wildman–Crippen MR) is 104 cm³/mol. The Hall–Kier alpha value is -2.23. The molecule has 4 N–H and O–H groups in total. The molecule has 1 aliphatic heterocycles. The normalized spacial score (nSPS) is 25.9. The number of aliphatic hydroxyl groups excluding tert-OH is 3. The maximum Gasteiger partial charge on any atom is 0.164 e. The Kier molecular flexibility index (Phi) is 5.22. The molecule has 3 aromatic rings. The minimum Gasteiger partial charge on any atom is -0.387 e. The highest BCUT2D eigenvalue weighted by Crippen LogP contribution is 2.38. The van der Waals surface area contributed by atoms with Crippen LogP contribution in [0.1, 0.15) is 24.8 Å². The van der Waals surface area contributed by atoms with Crippen LogP contribution in [0.2, 0.25) is 5.02 Å². The van der Waals surface area contributed by atoms with Gasteiger partial charge in [-0.25, -0.2) is 9.97 Å². The lowest BCUT2D eigenvalue weighted by Gasteiger charge is -2.21. The summed E-state index contributed by atoms with van der Waals surface area (Å²) in [7, 11) is 0. The molecule has 3 heterocycles. The number of aliphatic hydroxyl groups is 3. The maximum absolute atomic E-state index is 10.7. The molecule has 4 rings (SSSR count). The molecule has 1 aliphatic rings. The summed E-state index contributed by atoms with van der Waals surface area (Å²) in [5.41, 5.74) is 1.10. The van der Waals surface area contributed by atoms with E-state index in [1.165, 1.54) is 6.33 Å². The molecule has 5 atom stereocenters. The van der Waals surface area contributed by atoms with Crippen LogP contribution >= 0.6 is 11.6 Å². The predicted octanol–water partition coefficient (Wildman–Crippen LogP) is 1.87. The van der Waals surface area contributed by atoms with Crippen molar-refractivity contribution in [3.63, 3.8) is 0 Å². The zero-order chi connectivity index (χ0) is 19.8. The third kappa shape index (κ3) is 3.23. The van der Waals surface area contributed by atoms with Gasteiger partial charge in [0.15, 0.2) is 6.23 Å². The first-order valence-corrected chi connectivity index (χ1v) is 9.39. The molecule has 0 amide bonds. The van der Waals surface area contributed by atoms with E-state index in [0.717, 1.165) is 5.39 Å². The molecule has 1 aromatic carbocycles. The Morgan fingerprint density at radius 1 is 1.18 bits per heavy atom. The van der Waals surface area contributed by atoms with Crippen LogP contribution in [-0.2, 0) is 4.74 Å². The maximum atomic E-state index is 10.7. The van der Waals surface area contributed by atoms with E-state index in [2.05, 4.69) is 15.3 Å². The molecule has 0 unspecified atom stereocenters. The Morgan fingerprint density at radius 2 is 1.93 bits per heavy atom. The molecule has 28 heavy (non-hydrogen) atoms. The fourth-order valence-corrected chi connectivity index (χ4v) is 3.64. The summed E-state index contributed by atoms with van der Waals surface area (Å²) in [6.07, 6.45) is -2.39. The van der Waals surface area contributed by atoms with Crippen molar-refractivity contribution in [3.05, 3.63) is 53.4 Å². The molecule has 0 spiro atoms. The number of rotatable bonds is 5. The van der Waals surface area contributed by atoms with Crippen molar-refractivity contribution in [3.8, 4) is 0 Å². The number of halogens is 1. The molecule has 148 valence electrons. The van der Waals surface area contributed by atoms with Crippen molar-refractivity contribution in [2.24, 2.45) is 0 Å². The van der Waals surface area contributed by atoms with E-state index in [1.807, 2.05) is 13.0 Å². The van der Waals surface area contributed by atoms with Gasteiger partial charge in [0.05, 0.1) is 5.39 Å². The molecule has 1 saturated heterocycles. The summed E-state index contributed by atoms with van der Waals surface area (Å²) in [5.74, 6) is 0.678. The van der Waals surface area contributed by atoms with Crippen LogP contribution in [0.4, 0.5) is 5.82 Å². The molecule has 0 aliphatic carbocycles. The second-order valence-electron chi connectivity index (χ2n) is 6.68. The zero-order valence-corrected chi connectivity index (χ0v) is 15.9. The van der Waals surface area contributed by atoms with Crippen molar-refractivity contribution in [1.82, 2.24) is 14.5 Å². The van der Waals surface area contributed by atoms with Gasteiger partial charge in [0.25, 0.3) is 0 Å². The van der Waals surface area contributed by atoms with Gasteiger partial charge in [0.1, 0.15) is 42.2 Å². The van der Waals surface area contributed by atoms with Crippen LogP contribution in [-0.4, -0.2) is 54.7 Å². The molecule has 8 nitrogen and oxygen atoms in total. The van der Waals surface area contributed by atoms with Crippen molar-refractivity contribution >= 4 is 28.5 Å². The minimum atomic E-state index is -1.27. The number of benzene rings is 1. The zero-order valence-electron chi connectivity index (χ0n) is 15.1. The van der Waals surface area contributed by atoms with Gasteiger partial charge < -0.3 is 29.9 Å². The van der Waals surface area contributed by atoms with Crippen LogP contribution in [0.15, 0.2) is 42.9 Å². The second-order valence-corrected chi connectivity index (χ2v) is 7.12. The van der Waals surface area contributed by atoms with Gasteiger partial charge in [-0.15, -0.1) is 0 Å². The van der Waals surface area contributed by atoms with Crippen LogP contribution in [0.3, 0.4) is 0 Å². The van der Waals surface area contributed by atoms with Crippen LogP contribution < -0.4 is 5.32 Å². The van der Waals surface area contributed by atoms with E-state index in [1.54, 1.807) is 35.0 Å². The summed E-state index contributed by atoms with van der Waals surface area (Å²) < 4.78 is 7.52. The third-order valence-electron chi connectivity index (χ3n) is 4.93. The number of hydrogen-bond acceptors (Lipinski definition) is 7. The van der Waals surface area contributed by atoms with E-state index in [-0.39, 0.29) is 0 Å². The Bertz CT molecular complexity index is 964. The van der Waals surface area contributed by atoms with Crippen molar-refractivity contribution < 1.29 is 20.1 Å². The van der Waals surface area contributed by atoms with Gasteiger partial charge in [-0.3, -0.25) is 0 Å². The number of anilines is 1. The number of nitrogens with zero attached hydrogens (tertiary/aromatic N) is 3. The van der Waals surface area contributed by atoms with Gasteiger partial charge in [-0.05, 0) is 30.7 Å². The molecule has 2 aromatic heterocycles. The first kappa shape index (κ1) is 19.1. The summed E-state index contributed by atoms with van der Waals surface area (Å²) in [6, 6.07) is 8.42. The lowest BCUT2D eigenvalue weighted by Crippen LogP contribution is -2.34. The monoisotopic (exact) mass is 404 g/mol. The van der Waals surface area contributed by atoms with Gasteiger partial charge in [-0.1, -0.05) is 23.7 Å². The standard InChI is InChI=1S/C19H21ClN4O4/c1-2-21-17-12-7-8-24(18(12)23-9-22-17)19-15(27)14(26)16(28-19)13(25)10-3-5-11(20)6-4-10/h3-9,13-16,19,25-27H,2H2,1H3,(H,21,22,23)/t13-,14+,15-,16-,19-/m1/s1. The van der Waals surface area contributed by atoms with E-state index in [9.17, 15) is 15.3 Å². The second kappa shape index (κ2) is 7.65. The average Bonchev–Trinajstić information content (AvgIpc) is 3.25. The number of nitrogens with one attached hydrogen (secondary N) is 1. The minimum absolute atomic E-state index is 0.537. The lowest BCUT2D eigenvalue weighted by atomic mass is 9.99. The van der Waals surface area contributed by atoms with Gasteiger partial charge >= 0.3 is 0 Å².